The van der Waals surface area contributed by atoms with Crippen molar-refractivity contribution in [2.24, 2.45) is 0 Å². The Labute approximate surface area is 216 Å². The maximum absolute atomic E-state index is 6.75. The largest absolute Gasteiger partial charge is 0.455 e. The molecule has 0 amide bonds. The van der Waals surface area contributed by atoms with Gasteiger partial charge in [-0.25, -0.2) is 0 Å². The number of fused-ring (bicyclic) bond motifs is 5. The Morgan fingerprint density at radius 2 is 1.14 bits per heavy atom. The lowest BCUT2D eigenvalue weighted by atomic mass is 9.72. The summed E-state index contributed by atoms with van der Waals surface area (Å²) in [5, 5.41) is 2.39. The number of rotatable bonds is 2. The monoisotopic (exact) mass is 472 g/mol. The molecule has 0 aromatic heterocycles. The first-order chi connectivity index (χ1) is 18.2. The van der Waals surface area contributed by atoms with Crippen molar-refractivity contribution in [3.8, 4) is 44.9 Å². The van der Waals surface area contributed by atoms with Crippen LogP contribution < -0.4 is 4.74 Å². The molecule has 1 nitrogen and oxygen atoms in total. The highest BCUT2D eigenvalue weighted by Crippen LogP contribution is 2.57. The molecule has 1 aliphatic carbocycles. The van der Waals surface area contributed by atoms with Crippen molar-refractivity contribution in [3.05, 3.63) is 144 Å². The standard InChI is InChI=1S/C36H24O/c1-36(24-12-3-2-4-13-24)31-19-7-5-14-25(31)28-17-10-18-29(34(28)36)30-22-21-23-11-9-16-27-26-15-6-8-20-32(26)37-35(30)33(23)27/h2-22H,1H3. The lowest BCUT2D eigenvalue weighted by Gasteiger charge is -2.31. The van der Waals surface area contributed by atoms with Crippen LogP contribution in [0.15, 0.2) is 127 Å². The lowest BCUT2D eigenvalue weighted by Crippen LogP contribution is -2.23. The summed E-state index contributed by atoms with van der Waals surface area (Å²) < 4.78 is 6.75. The Morgan fingerprint density at radius 3 is 2.00 bits per heavy atom. The van der Waals surface area contributed by atoms with E-state index in [1.165, 1.54) is 49.7 Å². The smallest absolute Gasteiger partial charge is 0.143 e. The van der Waals surface area contributed by atoms with Gasteiger partial charge in [0.15, 0.2) is 0 Å². The van der Waals surface area contributed by atoms with Crippen LogP contribution in [0.3, 0.4) is 0 Å². The van der Waals surface area contributed by atoms with E-state index in [4.69, 9.17) is 4.74 Å². The fourth-order valence-electron chi connectivity index (χ4n) is 6.68. The summed E-state index contributed by atoms with van der Waals surface area (Å²) in [4.78, 5) is 0. The Morgan fingerprint density at radius 1 is 0.486 bits per heavy atom. The van der Waals surface area contributed by atoms with E-state index in [2.05, 4.69) is 134 Å². The van der Waals surface area contributed by atoms with Gasteiger partial charge in [0.2, 0.25) is 0 Å². The van der Waals surface area contributed by atoms with Gasteiger partial charge in [-0.05, 0) is 63.4 Å². The first-order valence-corrected chi connectivity index (χ1v) is 12.9. The first-order valence-electron chi connectivity index (χ1n) is 12.9. The summed E-state index contributed by atoms with van der Waals surface area (Å²) in [6.45, 7) is 2.38. The third-order valence-electron chi connectivity index (χ3n) is 8.35. The summed E-state index contributed by atoms with van der Waals surface area (Å²) in [7, 11) is 0. The molecule has 2 aliphatic rings. The van der Waals surface area contributed by atoms with Gasteiger partial charge in [-0.2, -0.15) is 0 Å². The average molecular weight is 473 g/mol. The molecule has 1 aliphatic heterocycles. The highest BCUT2D eigenvalue weighted by atomic mass is 16.5. The summed E-state index contributed by atoms with van der Waals surface area (Å²) in [5.74, 6) is 1.86. The van der Waals surface area contributed by atoms with Crippen LogP contribution in [0.25, 0.3) is 44.2 Å². The van der Waals surface area contributed by atoms with Gasteiger partial charge in [0.25, 0.3) is 0 Å². The lowest BCUT2D eigenvalue weighted by molar-refractivity contribution is 0.488. The van der Waals surface area contributed by atoms with Gasteiger partial charge in [0, 0.05) is 21.9 Å². The number of hydrogen-bond donors (Lipinski definition) is 0. The van der Waals surface area contributed by atoms with E-state index in [0.717, 1.165) is 22.6 Å². The molecule has 0 saturated heterocycles. The van der Waals surface area contributed by atoms with Gasteiger partial charge in [-0.3, -0.25) is 0 Å². The molecule has 1 unspecified atom stereocenters. The minimum absolute atomic E-state index is 0.280. The molecule has 0 fully saturated rings. The van der Waals surface area contributed by atoms with Gasteiger partial charge in [0.05, 0.1) is 0 Å². The molecule has 0 radical (unpaired) electrons. The van der Waals surface area contributed by atoms with Crippen molar-refractivity contribution in [2.75, 3.05) is 0 Å². The van der Waals surface area contributed by atoms with Crippen molar-refractivity contribution in [1.29, 1.82) is 0 Å². The SMILES string of the molecule is CC1(c2ccccc2)c2ccccc2-c2cccc(-c3ccc4cccc5c4c3Oc3ccccc3-5)c21. The second-order valence-corrected chi connectivity index (χ2v) is 10.2. The zero-order valence-electron chi connectivity index (χ0n) is 20.5. The predicted octanol–water partition coefficient (Wildman–Crippen LogP) is 9.61. The minimum Gasteiger partial charge on any atom is -0.455 e. The van der Waals surface area contributed by atoms with Crippen molar-refractivity contribution >= 4 is 10.8 Å². The molecule has 8 rings (SSSR count). The van der Waals surface area contributed by atoms with Gasteiger partial charge in [-0.1, -0.05) is 115 Å². The molecule has 0 bridgehead atoms. The number of ether oxygens (including phenoxy) is 1. The third-order valence-corrected chi connectivity index (χ3v) is 8.35. The van der Waals surface area contributed by atoms with Crippen molar-refractivity contribution in [3.63, 3.8) is 0 Å². The van der Waals surface area contributed by atoms with Crippen LogP contribution >= 0.6 is 0 Å². The van der Waals surface area contributed by atoms with Crippen LogP contribution in [0.2, 0.25) is 0 Å². The molecule has 174 valence electrons. The van der Waals surface area contributed by atoms with Crippen LogP contribution in [0.1, 0.15) is 23.6 Å². The minimum atomic E-state index is -0.280. The van der Waals surface area contributed by atoms with Gasteiger partial charge in [0.1, 0.15) is 11.5 Å². The van der Waals surface area contributed by atoms with Crippen LogP contribution in [-0.4, -0.2) is 0 Å². The Bertz CT molecular complexity index is 1860. The summed E-state index contributed by atoms with van der Waals surface area (Å²) in [6, 6.07) is 46.0. The molecular formula is C36H24O. The molecular weight excluding hydrogens is 448 g/mol. The fourth-order valence-corrected chi connectivity index (χ4v) is 6.68. The van der Waals surface area contributed by atoms with E-state index >= 15 is 0 Å². The second-order valence-electron chi connectivity index (χ2n) is 10.2. The molecule has 1 heteroatoms. The van der Waals surface area contributed by atoms with Gasteiger partial charge in [-0.15, -0.1) is 0 Å². The Balaban J connectivity index is 1.47. The molecule has 0 spiro atoms. The zero-order valence-corrected chi connectivity index (χ0v) is 20.5. The molecule has 0 N–H and O–H groups in total. The van der Waals surface area contributed by atoms with Crippen LogP contribution in [-0.2, 0) is 5.41 Å². The summed E-state index contributed by atoms with van der Waals surface area (Å²) in [5.41, 5.74) is 11.1. The molecule has 6 aromatic carbocycles. The van der Waals surface area contributed by atoms with Crippen LogP contribution in [0.5, 0.6) is 11.5 Å². The van der Waals surface area contributed by atoms with Gasteiger partial charge >= 0.3 is 0 Å². The Kier molecular flexibility index (Phi) is 4.14. The maximum atomic E-state index is 6.75. The fraction of sp³-hybridized carbons (Fsp3) is 0.0556. The summed E-state index contributed by atoms with van der Waals surface area (Å²) >= 11 is 0. The molecule has 0 saturated carbocycles. The quantitative estimate of drug-likeness (QED) is 0.243. The van der Waals surface area contributed by atoms with E-state index in [-0.39, 0.29) is 5.41 Å². The maximum Gasteiger partial charge on any atom is 0.143 e. The van der Waals surface area contributed by atoms with E-state index < -0.39 is 0 Å². The van der Waals surface area contributed by atoms with E-state index in [0.29, 0.717) is 0 Å². The highest BCUT2D eigenvalue weighted by molar-refractivity contribution is 6.08. The average Bonchev–Trinajstić information content (AvgIpc) is 3.23. The number of para-hydroxylation sites is 1. The van der Waals surface area contributed by atoms with Crippen LogP contribution in [0.4, 0.5) is 0 Å². The number of hydrogen-bond acceptors (Lipinski definition) is 1. The zero-order chi connectivity index (χ0) is 24.6. The molecule has 37 heavy (non-hydrogen) atoms. The van der Waals surface area contributed by atoms with Crippen LogP contribution in [0, 0.1) is 0 Å². The Hall–Kier alpha value is -4.62. The van der Waals surface area contributed by atoms with Crippen molar-refractivity contribution in [2.45, 2.75) is 12.3 Å². The predicted molar refractivity (Wildman–Crippen MR) is 152 cm³/mol. The van der Waals surface area contributed by atoms with E-state index in [9.17, 15) is 0 Å². The first kappa shape index (κ1) is 20.6. The molecule has 1 heterocycles. The second kappa shape index (κ2) is 7.44. The van der Waals surface area contributed by atoms with Crippen molar-refractivity contribution in [1.82, 2.24) is 0 Å². The van der Waals surface area contributed by atoms with E-state index in [1.807, 2.05) is 0 Å². The van der Waals surface area contributed by atoms with E-state index in [1.54, 1.807) is 0 Å². The molecule has 1 atom stereocenters. The number of benzene rings is 6. The summed E-state index contributed by atoms with van der Waals surface area (Å²) in [6.07, 6.45) is 0. The van der Waals surface area contributed by atoms with Crippen molar-refractivity contribution < 1.29 is 4.74 Å². The van der Waals surface area contributed by atoms with Gasteiger partial charge < -0.3 is 4.74 Å². The normalized spacial score (nSPS) is 16.6. The molecule has 6 aromatic rings. The third kappa shape index (κ3) is 2.69. The highest BCUT2D eigenvalue weighted by Gasteiger charge is 2.42. The topological polar surface area (TPSA) is 9.23 Å².